The van der Waals surface area contributed by atoms with E-state index in [9.17, 15) is 4.79 Å². The molecule has 0 spiro atoms. The maximum absolute atomic E-state index is 11.8. The van der Waals surface area contributed by atoms with Gasteiger partial charge in [-0.3, -0.25) is 4.79 Å². The molecule has 0 bridgehead atoms. The summed E-state index contributed by atoms with van der Waals surface area (Å²) in [6, 6.07) is 1.86. The number of aliphatic hydroxyl groups is 1. The van der Waals surface area contributed by atoms with Gasteiger partial charge in [0.2, 0.25) is 5.76 Å². The third kappa shape index (κ3) is 3.22. The predicted octanol–water partition coefficient (Wildman–Crippen LogP) is 1.32. The molecule has 2 aromatic rings. The Morgan fingerprint density at radius 2 is 2.47 bits per heavy atom. The van der Waals surface area contributed by atoms with E-state index in [0.29, 0.717) is 12.1 Å². The van der Waals surface area contributed by atoms with Crippen molar-refractivity contribution in [3.63, 3.8) is 0 Å². The van der Waals surface area contributed by atoms with Crippen molar-refractivity contribution in [2.45, 2.75) is 13.5 Å². The fraction of sp³-hybridized carbons (Fsp3) is 0.231. The quantitative estimate of drug-likeness (QED) is 0.829. The highest BCUT2D eigenvalue weighted by Crippen LogP contribution is 2.16. The van der Waals surface area contributed by atoms with Gasteiger partial charge in [0.15, 0.2) is 0 Å². The topological polar surface area (TPSA) is 75.4 Å². The van der Waals surface area contributed by atoms with Crippen molar-refractivity contribution in [3.05, 3.63) is 39.4 Å². The Kier molecular flexibility index (Phi) is 4.34. The van der Waals surface area contributed by atoms with Crippen LogP contribution >= 0.6 is 11.3 Å². The zero-order valence-corrected chi connectivity index (χ0v) is 11.1. The molecule has 0 radical (unpaired) electrons. The summed E-state index contributed by atoms with van der Waals surface area (Å²) >= 11 is 1.50. The molecule has 0 saturated heterocycles. The Bertz CT molecular complexity index is 634. The Balaban J connectivity index is 2.02. The minimum absolute atomic E-state index is 0.182. The SMILES string of the molecule is Cc1cnoc1C(=O)NCc1sccc1C#CCO. The van der Waals surface area contributed by atoms with E-state index in [-0.39, 0.29) is 18.3 Å². The summed E-state index contributed by atoms with van der Waals surface area (Å²) in [5.41, 5.74) is 1.51. The molecule has 0 fully saturated rings. The number of thiophene rings is 1. The van der Waals surface area contributed by atoms with Crippen molar-refractivity contribution < 1.29 is 14.4 Å². The molecule has 2 heterocycles. The first-order chi connectivity index (χ1) is 9.22. The number of hydrogen-bond acceptors (Lipinski definition) is 5. The van der Waals surface area contributed by atoms with Crippen molar-refractivity contribution in [2.24, 2.45) is 0 Å². The van der Waals surface area contributed by atoms with Crippen LogP contribution in [-0.4, -0.2) is 22.8 Å². The average molecular weight is 276 g/mol. The second-order valence-corrected chi connectivity index (χ2v) is 4.74. The van der Waals surface area contributed by atoms with Crippen molar-refractivity contribution in [1.29, 1.82) is 0 Å². The summed E-state index contributed by atoms with van der Waals surface area (Å²) < 4.78 is 4.87. The Morgan fingerprint density at radius 3 is 3.16 bits per heavy atom. The van der Waals surface area contributed by atoms with Crippen molar-refractivity contribution in [3.8, 4) is 11.8 Å². The van der Waals surface area contributed by atoms with Gasteiger partial charge in [-0.05, 0) is 18.4 Å². The number of hydrogen-bond donors (Lipinski definition) is 2. The van der Waals surface area contributed by atoms with Gasteiger partial charge in [-0.1, -0.05) is 17.0 Å². The van der Waals surface area contributed by atoms with E-state index in [4.69, 9.17) is 9.63 Å². The number of aryl methyl sites for hydroxylation is 1. The number of rotatable bonds is 3. The molecule has 2 N–H and O–H groups in total. The van der Waals surface area contributed by atoms with Gasteiger partial charge in [0, 0.05) is 16.0 Å². The Labute approximate surface area is 114 Å². The van der Waals surface area contributed by atoms with Gasteiger partial charge in [0.25, 0.3) is 5.91 Å². The lowest BCUT2D eigenvalue weighted by molar-refractivity contribution is 0.0913. The molecule has 0 atom stereocenters. The molecule has 2 aromatic heterocycles. The monoisotopic (exact) mass is 276 g/mol. The van der Waals surface area contributed by atoms with E-state index >= 15 is 0 Å². The van der Waals surface area contributed by atoms with Gasteiger partial charge >= 0.3 is 0 Å². The molecule has 0 aliphatic carbocycles. The van der Waals surface area contributed by atoms with E-state index in [2.05, 4.69) is 22.3 Å². The molecule has 19 heavy (non-hydrogen) atoms. The summed E-state index contributed by atoms with van der Waals surface area (Å²) in [4.78, 5) is 12.8. The maximum atomic E-state index is 11.8. The number of aliphatic hydroxyl groups excluding tert-OH is 1. The van der Waals surface area contributed by atoms with Crippen molar-refractivity contribution in [1.82, 2.24) is 10.5 Å². The summed E-state index contributed by atoms with van der Waals surface area (Å²) in [6.45, 7) is 1.94. The van der Waals surface area contributed by atoms with Crippen LogP contribution in [-0.2, 0) is 6.54 Å². The number of carbonyl (C=O) groups is 1. The maximum Gasteiger partial charge on any atom is 0.290 e. The van der Waals surface area contributed by atoms with E-state index in [1.165, 1.54) is 17.5 Å². The second kappa shape index (κ2) is 6.18. The van der Waals surface area contributed by atoms with Crippen LogP contribution in [0.4, 0.5) is 0 Å². The lowest BCUT2D eigenvalue weighted by Crippen LogP contribution is -2.22. The van der Waals surface area contributed by atoms with Gasteiger partial charge in [-0.15, -0.1) is 11.3 Å². The third-order valence-corrected chi connectivity index (χ3v) is 3.33. The van der Waals surface area contributed by atoms with Crippen molar-refractivity contribution >= 4 is 17.2 Å². The van der Waals surface area contributed by atoms with Gasteiger partial charge < -0.3 is 14.9 Å². The minimum atomic E-state index is -0.301. The third-order valence-electron chi connectivity index (χ3n) is 2.41. The number of nitrogens with one attached hydrogen (secondary N) is 1. The molecule has 1 amide bonds. The smallest absolute Gasteiger partial charge is 0.290 e. The summed E-state index contributed by atoms with van der Waals surface area (Å²) in [6.07, 6.45) is 1.50. The first-order valence-electron chi connectivity index (χ1n) is 5.58. The van der Waals surface area contributed by atoms with Crippen LogP contribution in [0.5, 0.6) is 0 Å². The first-order valence-corrected chi connectivity index (χ1v) is 6.46. The largest absolute Gasteiger partial charge is 0.384 e. The lowest BCUT2D eigenvalue weighted by Gasteiger charge is -2.02. The van der Waals surface area contributed by atoms with Crippen LogP contribution in [0.25, 0.3) is 0 Å². The number of amides is 1. The summed E-state index contributed by atoms with van der Waals surface area (Å²) in [7, 11) is 0. The second-order valence-electron chi connectivity index (χ2n) is 3.74. The summed E-state index contributed by atoms with van der Waals surface area (Å²) in [5, 5.41) is 16.9. The predicted molar refractivity (Wildman–Crippen MR) is 70.7 cm³/mol. The average Bonchev–Trinajstić information content (AvgIpc) is 3.02. The molecular formula is C13H12N2O3S. The number of nitrogens with zero attached hydrogens (tertiary/aromatic N) is 1. The molecule has 0 aliphatic heterocycles. The zero-order valence-electron chi connectivity index (χ0n) is 10.3. The highest BCUT2D eigenvalue weighted by molar-refractivity contribution is 7.10. The number of aromatic nitrogens is 1. The normalized spacial score (nSPS) is 9.79. The van der Waals surface area contributed by atoms with Gasteiger partial charge in [0.05, 0.1) is 12.7 Å². The number of carbonyl (C=O) groups excluding carboxylic acids is 1. The van der Waals surface area contributed by atoms with E-state index in [0.717, 1.165) is 10.4 Å². The van der Waals surface area contributed by atoms with Crippen LogP contribution in [0.3, 0.4) is 0 Å². The van der Waals surface area contributed by atoms with Crippen LogP contribution in [0.2, 0.25) is 0 Å². The van der Waals surface area contributed by atoms with Gasteiger partial charge in [0.1, 0.15) is 6.61 Å². The molecule has 0 saturated carbocycles. The standard InChI is InChI=1S/C13H12N2O3S/c1-9-7-15-18-12(9)13(17)14-8-11-10(3-2-5-16)4-6-19-11/h4,6-7,16H,5,8H2,1H3,(H,14,17). The van der Waals surface area contributed by atoms with Gasteiger partial charge in [-0.2, -0.15) is 0 Å². The summed E-state index contributed by atoms with van der Waals surface area (Å²) in [5.74, 6) is 5.34. The fourth-order valence-corrected chi connectivity index (χ4v) is 2.24. The Morgan fingerprint density at radius 1 is 1.63 bits per heavy atom. The molecule has 98 valence electrons. The highest BCUT2D eigenvalue weighted by Gasteiger charge is 2.14. The molecule has 5 nitrogen and oxygen atoms in total. The van der Waals surface area contributed by atoms with Crippen molar-refractivity contribution in [2.75, 3.05) is 6.61 Å². The molecule has 0 aliphatic rings. The minimum Gasteiger partial charge on any atom is -0.384 e. The van der Waals surface area contributed by atoms with E-state index in [1.807, 2.05) is 11.4 Å². The fourth-order valence-electron chi connectivity index (χ4n) is 1.47. The highest BCUT2D eigenvalue weighted by atomic mass is 32.1. The molecule has 2 rings (SSSR count). The zero-order chi connectivity index (χ0) is 13.7. The first kappa shape index (κ1) is 13.3. The van der Waals surface area contributed by atoms with Crippen LogP contribution < -0.4 is 5.32 Å². The van der Waals surface area contributed by atoms with Crippen LogP contribution in [0.15, 0.2) is 22.2 Å². The lowest BCUT2D eigenvalue weighted by atomic mass is 10.2. The van der Waals surface area contributed by atoms with Crippen LogP contribution in [0.1, 0.15) is 26.6 Å². The Hall–Kier alpha value is -2.10. The molecule has 6 heteroatoms. The van der Waals surface area contributed by atoms with E-state index in [1.54, 1.807) is 6.92 Å². The molecular weight excluding hydrogens is 264 g/mol. The van der Waals surface area contributed by atoms with Crippen LogP contribution in [0, 0.1) is 18.8 Å². The van der Waals surface area contributed by atoms with Gasteiger partial charge in [-0.25, -0.2) is 0 Å². The molecule has 0 unspecified atom stereocenters. The van der Waals surface area contributed by atoms with E-state index < -0.39 is 0 Å². The molecule has 0 aromatic carbocycles.